The van der Waals surface area contributed by atoms with Gasteiger partial charge in [-0.25, -0.2) is 0 Å². The Labute approximate surface area is 101 Å². The van der Waals surface area contributed by atoms with Crippen molar-refractivity contribution in [3.8, 4) is 0 Å². The monoisotopic (exact) mass is 225 g/mol. The Hall–Kier alpha value is -1.90. The summed E-state index contributed by atoms with van der Waals surface area (Å²) in [4.78, 5) is 9.00. The average molecular weight is 225 g/mol. The summed E-state index contributed by atoms with van der Waals surface area (Å²) in [5, 5.41) is 3.15. The van der Waals surface area contributed by atoms with Gasteiger partial charge in [0.15, 0.2) is 0 Å². The lowest BCUT2D eigenvalue weighted by atomic mass is 10.0. The molecule has 1 aliphatic carbocycles. The molecule has 0 bridgehead atoms. The molecular weight excluding hydrogens is 210 g/mol. The number of aryl methyl sites for hydroxylation is 1. The maximum Gasteiger partial charge on any atom is 0.0526 e. The number of nitrogens with zero attached hydrogens (tertiary/aromatic N) is 2. The zero-order valence-electron chi connectivity index (χ0n) is 9.85. The molecule has 0 fully saturated rings. The minimum Gasteiger partial charge on any atom is -0.388 e. The first-order valence-electron chi connectivity index (χ1n) is 5.96. The Balaban J connectivity index is 2.01. The summed E-state index contributed by atoms with van der Waals surface area (Å²) < 4.78 is 0. The Morgan fingerprint density at radius 3 is 3.06 bits per heavy atom. The van der Waals surface area contributed by atoms with Crippen molar-refractivity contribution in [1.29, 1.82) is 0 Å². The van der Waals surface area contributed by atoms with Crippen molar-refractivity contribution in [3.05, 3.63) is 53.6 Å². The first-order chi connectivity index (χ1) is 8.38. The fourth-order valence-electron chi connectivity index (χ4n) is 2.49. The highest BCUT2D eigenvalue weighted by atomic mass is 14.8. The van der Waals surface area contributed by atoms with Gasteiger partial charge in [0.05, 0.1) is 11.4 Å². The van der Waals surface area contributed by atoms with Gasteiger partial charge in [0, 0.05) is 31.0 Å². The molecule has 0 aliphatic heterocycles. The highest BCUT2D eigenvalue weighted by molar-refractivity contribution is 5.45. The molecule has 86 valence electrons. The van der Waals surface area contributed by atoms with Gasteiger partial charge in [-0.05, 0) is 36.6 Å². The van der Waals surface area contributed by atoms with E-state index in [9.17, 15) is 0 Å². The van der Waals surface area contributed by atoms with Crippen LogP contribution >= 0.6 is 0 Å². The standard InChI is InChI=1S/C14H15N3/c1-15-11-6-8-16-13(9-11)12-5-4-10-3-2-7-17-14(10)12/h2-3,6-9,12H,4-5H2,1H3,(H,15,16). The van der Waals surface area contributed by atoms with E-state index in [0.717, 1.165) is 24.2 Å². The highest BCUT2D eigenvalue weighted by Gasteiger charge is 2.26. The molecule has 1 unspecified atom stereocenters. The smallest absolute Gasteiger partial charge is 0.0526 e. The Bertz CT molecular complexity index is 536. The number of fused-ring (bicyclic) bond motifs is 1. The molecule has 17 heavy (non-hydrogen) atoms. The van der Waals surface area contributed by atoms with Gasteiger partial charge in [0.2, 0.25) is 0 Å². The summed E-state index contributed by atoms with van der Waals surface area (Å²) in [6, 6.07) is 8.29. The quantitative estimate of drug-likeness (QED) is 0.853. The predicted molar refractivity (Wildman–Crippen MR) is 68.2 cm³/mol. The summed E-state index contributed by atoms with van der Waals surface area (Å²) in [5.41, 5.74) is 4.80. The molecule has 0 spiro atoms. The van der Waals surface area contributed by atoms with E-state index in [0.29, 0.717) is 5.92 Å². The second kappa shape index (κ2) is 4.17. The Kier molecular flexibility index (Phi) is 2.52. The Morgan fingerprint density at radius 1 is 1.24 bits per heavy atom. The first-order valence-corrected chi connectivity index (χ1v) is 5.96. The van der Waals surface area contributed by atoms with Gasteiger partial charge in [-0.15, -0.1) is 0 Å². The van der Waals surface area contributed by atoms with Gasteiger partial charge in [-0.2, -0.15) is 0 Å². The van der Waals surface area contributed by atoms with Gasteiger partial charge in [0.1, 0.15) is 0 Å². The van der Waals surface area contributed by atoms with Crippen LogP contribution < -0.4 is 5.32 Å². The van der Waals surface area contributed by atoms with Gasteiger partial charge in [-0.1, -0.05) is 6.07 Å². The lowest BCUT2D eigenvalue weighted by molar-refractivity contribution is 0.746. The van der Waals surface area contributed by atoms with E-state index in [2.05, 4.69) is 27.4 Å². The fourth-order valence-corrected chi connectivity index (χ4v) is 2.49. The SMILES string of the molecule is CNc1ccnc(C2CCc3cccnc32)c1. The lowest BCUT2D eigenvalue weighted by Crippen LogP contribution is -2.02. The molecule has 3 rings (SSSR count). The van der Waals surface area contributed by atoms with E-state index >= 15 is 0 Å². The summed E-state index contributed by atoms with van der Waals surface area (Å²) in [5.74, 6) is 0.361. The van der Waals surface area contributed by atoms with Crippen molar-refractivity contribution in [2.45, 2.75) is 18.8 Å². The van der Waals surface area contributed by atoms with Crippen LogP contribution in [-0.2, 0) is 6.42 Å². The normalized spacial score (nSPS) is 17.8. The average Bonchev–Trinajstić information content (AvgIpc) is 2.82. The van der Waals surface area contributed by atoms with E-state index < -0.39 is 0 Å². The van der Waals surface area contributed by atoms with Crippen molar-refractivity contribution in [3.63, 3.8) is 0 Å². The van der Waals surface area contributed by atoms with E-state index in [1.807, 2.05) is 31.6 Å². The lowest BCUT2D eigenvalue weighted by Gasteiger charge is -2.11. The third-order valence-electron chi connectivity index (χ3n) is 3.39. The maximum atomic E-state index is 4.51. The molecule has 2 heterocycles. The highest BCUT2D eigenvalue weighted by Crippen LogP contribution is 2.35. The zero-order chi connectivity index (χ0) is 11.7. The first kappa shape index (κ1) is 10.3. The molecule has 1 atom stereocenters. The molecular formula is C14H15N3. The molecule has 0 radical (unpaired) electrons. The molecule has 0 saturated carbocycles. The topological polar surface area (TPSA) is 37.8 Å². The van der Waals surface area contributed by atoms with Crippen LogP contribution in [0.15, 0.2) is 36.7 Å². The minimum atomic E-state index is 0.361. The summed E-state index contributed by atoms with van der Waals surface area (Å²) >= 11 is 0. The van der Waals surface area contributed by atoms with Crippen molar-refractivity contribution < 1.29 is 0 Å². The molecule has 3 heteroatoms. The van der Waals surface area contributed by atoms with Crippen LogP contribution in [0.4, 0.5) is 5.69 Å². The molecule has 0 aromatic carbocycles. The predicted octanol–water partition coefficient (Wildman–Crippen LogP) is 2.60. The van der Waals surface area contributed by atoms with Crippen LogP contribution in [0.3, 0.4) is 0 Å². The molecule has 0 amide bonds. The summed E-state index contributed by atoms with van der Waals surface area (Å²) in [6.07, 6.45) is 5.97. The molecule has 2 aromatic heterocycles. The minimum absolute atomic E-state index is 0.361. The molecule has 3 nitrogen and oxygen atoms in total. The van der Waals surface area contributed by atoms with Crippen LogP contribution in [0.1, 0.15) is 29.3 Å². The van der Waals surface area contributed by atoms with Crippen molar-refractivity contribution >= 4 is 5.69 Å². The summed E-state index contributed by atoms with van der Waals surface area (Å²) in [6.45, 7) is 0. The number of hydrogen-bond acceptors (Lipinski definition) is 3. The van der Waals surface area contributed by atoms with Gasteiger partial charge in [0.25, 0.3) is 0 Å². The number of rotatable bonds is 2. The largest absolute Gasteiger partial charge is 0.388 e. The zero-order valence-corrected chi connectivity index (χ0v) is 9.85. The molecule has 0 saturated heterocycles. The number of aromatic nitrogens is 2. The van der Waals surface area contributed by atoms with Crippen LogP contribution in [0.5, 0.6) is 0 Å². The van der Waals surface area contributed by atoms with Gasteiger partial charge in [-0.3, -0.25) is 9.97 Å². The third kappa shape index (κ3) is 1.78. The van der Waals surface area contributed by atoms with E-state index in [-0.39, 0.29) is 0 Å². The van der Waals surface area contributed by atoms with Crippen molar-refractivity contribution in [2.75, 3.05) is 12.4 Å². The fraction of sp³-hybridized carbons (Fsp3) is 0.286. The van der Waals surface area contributed by atoms with Crippen molar-refractivity contribution in [1.82, 2.24) is 9.97 Å². The van der Waals surface area contributed by atoms with Crippen LogP contribution in [0.25, 0.3) is 0 Å². The molecule has 1 aliphatic rings. The number of nitrogens with one attached hydrogen (secondary N) is 1. The van der Waals surface area contributed by atoms with E-state index in [4.69, 9.17) is 0 Å². The van der Waals surface area contributed by atoms with Gasteiger partial charge < -0.3 is 5.32 Å². The van der Waals surface area contributed by atoms with Gasteiger partial charge >= 0.3 is 0 Å². The Morgan fingerprint density at radius 2 is 2.18 bits per heavy atom. The third-order valence-corrected chi connectivity index (χ3v) is 3.39. The van der Waals surface area contributed by atoms with Crippen LogP contribution in [0, 0.1) is 0 Å². The summed E-state index contributed by atoms with van der Waals surface area (Å²) in [7, 11) is 1.93. The number of pyridine rings is 2. The van der Waals surface area contributed by atoms with E-state index in [1.54, 1.807) is 0 Å². The molecule has 2 aromatic rings. The molecule has 1 N–H and O–H groups in total. The number of anilines is 1. The van der Waals surface area contributed by atoms with E-state index in [1.165, 1.54) is 11.3 Å². The number of hydrogen-bond donors (Lipinski definition) is 1. The van der Waals surface area contributed by atoms with Crippen LogP contribution in [0.2, 0.25) is 0 Å². The maximum absolute atomic E-state index is 4.51. The van der Waals surface area contributed by atoms with Crippen LogP contribution in [-0.4, -0.2) is 17.0 Å². The second-order valence-corrected chi connectivity index (χ2v) is 4.36. The second-order valence-electron chi connectivity index (χ2n) is 4.36. The van der Waals surface area contributed by atoms with Crippen molar-refractivity contribution in [2.24, 2.45) is 0 Å².